The van der Waals surface area contributed by atoms with Crippen LogP contribution in [0.5, 0.6) is 5.75 Å². The van der Waals surface area contributed by atoms with Gasteiger partial charge in [0.1, 0.15) is 5.75 Å². The van der Waals surface area contributed by atoms with Gasteiger partial charge in [0.05, 0.1) is 24.4 Å². The number of nitrogens with one attached hydrogen (secondary N) is 1. The molecule has 1 N–H and O–H groups in total. The van der Waals surface area contributed by atoms with Crippen LogP contribution in [0.3, 0.4) is 0 Å². The van der Waals surface area contributed by atoms with E-state index in [9.17, 15) is 4.79 Å². The van der Waals surface area contributed by atoms with Gasteiger partial charge in [-0.3, -0.25) is 9.78 Å². The lowest BCUT2D eigenvalue weighted by atomic mass is 10.2. The van der Waals surface area contributed by atoms with Gasteiger partial charge in [0, 0.05) is 12.1 Å². The van der Waals surface area contributed by atoms with Crippen LogP contribution in [0.4, 0.5) is 0 Å². The molecule has 1 aromatic heterocycles. The lowest BCUT2D eigenvalue weighted by Crippen LogP contribution is -2.38. The van der Waals surface area contributed by atoms with Crippen LogP contribution in [0.2, 0.25) is 0 Å². The van der Waals surface area contributed by atoms with Crippen molar-refractivity contribution in [2.45, 2.75) is 18.4 Å². The van der Waals surface area contributed by atoms with Crippen molar-refractivity contribution in [1.82, 2.24) is 10.3 Å². The van der Waals surface area contributed by atoms with Crippen molar-refractivity contribution < 1.29 is 9.53 Å². The number of ether oxygens (including phenoxy) is 1. The van der Waals surface area contributed by atoms with Gasteiger partial charge < -0.3 is 10.1 Å². The molecule has 0 spiro atoms. The summed E-state index contributed by atoms with van der Waals surface area (Å²) in [5.74, 6) is 0.773. The summed E-state index contributed by atoms with van der Waals surface area (Å²) < 4.78 is 5.08. The molecule has 2 rings (SSSR count). The second-order valence-electron chi connectivity index (χ2n) is 3.94. The highest BCUT2D eigenvalue weighted by molar-refractivity contribution is 6.19. The van der Waals surface area contributed by atoms with E-state index in [1.807, 2.05) is 0 Å². The average Bonchev–Trinajstić information content (AvgIpc) is 3.09. The molecule has 1 heterocycles. The van der Waals surface area contributed by atoms with Gasteiger partial charge >= 0.3 is 0 Å². The second-order valence-corrected chi connectivity index (χ2v) is 4.21. The highest BCUT2D eigenvalue weighted by Gasteiger charge is 2.43. The van der Waals surface area contributed by atoms with Crippen molar-refractivity contribution >= 4 is 17.5 Å². The van der Waals surface area contributed by atoms with Crippen LogP contribution in [-0.2, 0) is 0 Å². The molecule has 1 fully saturated rings. The van der Waals surface area contributed by atoms with E-state index in [1.165, 1.54) is 13.3 Å². The first-order valence-electron chi connectivity index (χ1n) is 5.07. The largest absolute Gasteiger partial charge is 0.494 e. The van der Waals surface area contributed by atoms with Gasteiger partial charge in [0.15, 0.2) is 0 Å². The Labute approximate surface area is 99.0 Å². The van der Waals surface area contributed by atoms with Gasteiger partial charge in [0.2, 0.25) is 0 Å². The third kappa shape index (κ3) is 2.11. The number of carbonyl (C=O) groups excluding carboxylic acids is 1. The minimum atomic E-state index is -0.201. The normalized spacial score (nSPS) is 16.6. The topological polar surface area (TPSA) is 51.2 Å². The second kappa shape index (κ2) is 4.29. The molecule has 1 aliphatic carbocycles. The van der Waals surface area contributed by atoms with Crippen molar-refractivity contribution in [3.63, 3.8) is 0 Å². The Morgan fingerprint density at radius 1 is 1.69 bits per heavy atom. The van der Waals surface area contributed by atoms with E-state index < -0.39 is 0 Å². The number of nitrogens with zero attached hydrogens (tertiary/aromatic N) is 1. The van der Waals surface area contributed by atoms with E-state index in [0.29, 0.717) is 17.2 Å². The molecular formula is C11H13ClN2O2. The fourth-order valence-electron chi connectivity index (χ4n) is 1.48. The van der Waals surface area contributed by atoms with Gasteiger partial charge in [-0.2, -0.15) is 0 Å². The van der Waals surface area contributed by atoms with Gasteiger partial charge in [-0.15, -0.1) is 11.6 Å². The SMILES string of the molecule is COc1cnccc1C(=O)NC1(CCl)CC1. The van der Waals surface area contributed by atoms with Crippen LogP contribution < -0.4 is 10.1 Å². The molecule has 1 amide bonds. The fraction of sp³-hybridized carbons (Fsp3) is 0.455. The summed E-state index contributed by atoms with van der Waals surface area (Å²) in [7, 11) is 1.52. The molecule has 4 nitrogen and oxygen atoms in total. The van der Waals surface area contributed by atoms with Gasteiger partial charge in [-0.25, -0.2) is 0 Å². The summed E-state index contributed by atoms with van der Waals surface area (Å²) in [6.07, 6.45) is 4.97. The molecule has 16 heavy (non-hydrogen) atoms. The zero-order valence-corrected chi connectivity index (χ0v) is 9.75. The van der Waals surface area contributed by atoms with E-state index >= 15 is 0 Å². The number of halogens is 1. The molecule has 0 radical (unpaired) electrons. The highest BCUT2D eigenvalue weighted by atomic mass is 35.5. The highest BCUT2D eigenvalue weighted by Crippen LogP contribution is 2.36. The summed E-state index contributed by atoms with van der Waals surface area (Å²) in [5, 5.41) is 2.93. The molecule has 0 aliphatic heterocycles. The number of aromatic nitrogens is 1. The summed E-state index contributed by atoms with van der Waals surface area (Å²) >= 11 is 5.80. The van der Waals surface area contributed by atoms with E-state index in [-0.39, 0.29) is 11.4 Å². The number of rotatable bonds is 4. The monoisotopic (exact) mass is 240 g/mol. The van der Waals surface area contributed by atoms with Crippen LogP contribution in [0, 0.1) is 0 Å². The Bertz CT molecular complexity index is 405. The summed E-state index contributed by atoms with van der Waals surface area (Å²) in [6, 6.07) is 1.64. The maximum atomic E-state index is 12.0. The number of alkyl halides is 1. The van der Waals surface area contributed by atoms with Crippen LogP contribution in [0.1, 0.15) is 23.2 Å². The standard InChI is InChI=1S/C11H13ClN2O2/c1-16-9-6-13-5-2-8(9)10(15)14-11(7-12)3-4-11/h2,5-6H,3-4,7H2,1H3,(H,14,15). The Hall–Kier alpha value is -1.29. The molecular weight excluding hydrogens is 228 g/mol. The van der Waals surface area contributed by atoms with Crippen molar-refractivity contribution in [3.05, 3.63) is 24.0 Å². The van der Waals surface area contributed by atoms with Crippen LogP contribution >= 0.6 is 11.6 Å². The predicted molar refractivity (Wildman–Crippen MR) is 60.9 cm³/mol. The number of hydrogen-bond acceptors (Lipinski definition) is 3. The molecule has 86 valence electrons. The molecule has 0 saturated heterocycles. The Balaban J connectivity index is 2.14. The number of hydrogen-bond donors (Lipinski definition) is 1. The molecule has 0 atom stereocenters. The molecule has 5 heteroatoms. The fourth-order valence-corrected chi connectivity index (χ4v) is 1.82. The lowest BCUT2D eigenvalue weighted by Gasteiger charge is -2.15. The summed E-state index contributed by atoms with van der Waals surface area (Å²) in [6.45, 7) is 0. The Morgan fingerprint density at radius 3 is 3.00 bits per heavy atom. The average molecular weight is 241 g/mol. The first-order valence-corrected chi connectivity index (χ1v) is 5.61. The van der Waals surface area contributed by atoms with Crippen LogP contribution in [0.15, 0.2) is 18.5 Å². The van der Waals surface area contributed by atoms with E-state index in [2.05, 4.69) is 10.3 Å². The number of carbonyl (C=O) groups is 1. The summed E-state index contributed by atoms with van der Waals surface area (Å²) in [5.41, 5.74) is 0.293. The molecule has 0 unspecified atom stereocenters. The van der Waals surface area contributed by atoms with Crippen molar-refractivity contribution in [3.8, 4) is 5.75 Å². The first-order chi connectivity index (χ1) is 7.71. The zero-order chi connectivity index (χ0) is 11.6. The Morgan fingerprint density at radius 2 is 2.44 bits per heavy atom. The lowest BCUT2D eigenvalue weighted by molar-refractivity contribution is 0.0933. The Kier molecular flexibility index (Phi) is 3.01. The zero-order valence-electron chi connectivity index (χ0n) is 9.00. The van der Waals surface area contributed by atoms with Crippen LogP contribution in [0.25, 0.3) is 0 Å². The number of methoxy groups -OCH3 is 1. The minimum absolute atomic E-state index is 0.155. The maximum absolute atomic E-state index is 12.0. The van der Waals surface area contributed by atoms with Gasteiger partial charge in [0.25, 0.3) is 5.91 Å². The van der Waals surface area contributed by atoms with E-state index in [4.69, 9.17) is 16.3 Å². The van der Waals surface area contributed by atoms with Crippen molar-refractivity contribution in [2.24, 2.45) is 0 Å². The third-order valence-electron chi connectivity index (χ3n) is 2.74. The summed E-state index contributed by atoms with van der Waals surface area (Å²) in [4.78, 5) is 15.9. The van der Waals surface area contributed by atoms with E-state index in [1.54, 1.807) is 12.3 Å². The van der Waals surface area contributed by atoms with Gasteiger partial charge in [-0.05, 0) is 18.9 Å². The molecule has 0 bridgehead atoms. The predicted octanol–water partition coefficient (Wildman–Crippen LogP) is 1.59. The third-order valence-corrected chi connectivity index (χ3v) is 3.25. The maximum Gasteiger partial charge on any atom is 0.255 e. The first kappa shape index (κ1) is 11.2. The minimum Gasteiger partial charge on any atom is -0.494 e. The van der Waals surface area contributed by atoms with Gasteiger partial charge in [-0.1, -0.05) is 0 Å². The molecule has 1 saturated carbocycles. The molecule has 1 aromatic rings. The number of pyridine rings is 1. The number of amides is 1. The molecule has 1 aliphatic rings. The van der Waals surface area contributed by atoms with Crippen molar-refractivity contribution in [2.75, 3.05) is 13.0 Å². The van der Waals surface area contributed by atoms with Crippen molar-refractivity contribution in [1.29, 1.82) is 0 Å². The molecule has 0 aromatic carbocycles. The smallest absolute Gasteiger partial charge is 0.255 e. The van der Waals surface area contributed by atoms with E-state index in [0.717, 1.165) is 12.8 Å². The quantitative estimate of drug-likeness (QED) is 0.814. The van der Waals surface area contributed by atoms with Crippen LogP contribution in [-0.4, -0.2) is 29.4 Å².